The molecule has 0 unspecified atom stereocenters. The summed E-state index contributed by atoms with van der Waals surface area (Å²) in [6, 6.07) is 0.932. The van der Waals surface area contributed by atoms with Gasteiger partial charge in [-0.05, 0) is 51.1 Å². The fourth-order valence-electron chi connectivity index (χ4n) is 2.34. The first-order chi connectivity index (χ1) is 7.40. The van der Waals surface area contributed by atoms with E-state index in [2.05, 4.69) is 4.90 Å². The largest absolute Gasteiger partial charge is 0.396 e. The fraction of sp³-hybridized carbons (Fsp3) is 1.00. The Bertz CT molecular complexity index is 174. The molecule has 1 aliphatic carbocycles. The Morgan fingerprint density at radius 3 is 2.47 bits per heavy atom. The number of nitrogens with zero attached hydrogens (tertiary/aromatic N) is 1. The molecular weight excluding hydrogens is 190 g/mol. The topological polar surface area (TPSA) is 32.7 Å². The number of ether oxygens (including phenoxy) is 1. The van der Waals surface area contributed by atoms with Gasteiger partial charge >= 0.3 is 0 Å². The van der Waals surface area contributed by atoms with E-state index < -0.39 is 0 Å². The summed E-state index contributed by atoms with van der Waals surface area (Å²) in [6.45, 7) is 4.43. The molecule has 1 saturated heterocycles. The minimum Gasteiger partial charge on any atom is -0.396 e. The average molecular weight is 213 g/mol. The van der Waals surface area contributed by atoms with Crippen molar-refractivity contribution in [2.24, 2.45) is 5.92 Å². The summed E-state index contributed by atoms with van der Waals surface area (Å²) in [5, 5.41) is 8.62. The first-order valence-corrected chi connectivity index (χ1v) is 6.33. The number of aliphatic hydroxyl groups is 1. The Morgan fingerprint density at radius 1 is 1.13 bits per heavy atom. The Kier molecular flexibility index (Phi) is 4.42. The second-order valence-electron chi connectivity index (χ2n) is 4.86. The molecule has 0 radical (unpaired) electrons. The van der Waals surface area contributed by atoms with Crippen LogP contribution in [0.3, 0.4) is 0 Å². The molecule has 2 rings (SSSR count). The minimum absolute atomic E-state index is 0.250. The van der Waals surface area contributed by atoms with Gasteiger partial charge in [-0.1, -0.05) is 0 Å². The number of rotatable bonds is 6. The Morgan fingerprint density at radius 2 is 1.87 bits per heavy atom. The maximum absolute atomic E-state index is 8.62. The molecule has 15 heavy (non-hydrogen) atoms. The van der Waals surface area contributed by atoms with E-state index in [1.54, 1.807) is 0 Å². The van der Waals surface area contributed by atoms with E-state index in [4.69, 9.17) is 9.84 Å². The lowest BCUT2D eigenvalue weighted by atomic mass is 9.98. The van der Waals surface area contributed by atoms with Gasteiger partial charge in [0.15, 0.2) is 0 Å². The van der Waals surface area contributed by atoms with Crippen molar-refractivity contribution in [1.29, 1.82) is 0 Å². The number of hydrogen-bond acceptors (Lipinski definition) is 3. The number of likely N-dealkylation sites (tertiary alicyclic amines) is 1. The zero-order valence-electron chi connectivity index (χ0n) is 9.53. The molecule has 0 spiro atoms. The normalized spacial score (nSPS) is 24.6. The van der Waals surface area contributed by atoms with Crippen LogP contribution in [0, 0.1) is 5.92 Å². The van der Waals surface area contributed by atoms with E-state index in [1.165, 1.54) is 38.8 Å². The standard InChI is InChI=1S/C12H23NO2/c14-8-1-9-15-10-11-4-6-13(7-5-11)12-2-3-12/h11-12,14H,1-10H2. The zero-order chi connectivity index (χ0) is 10.5. The van der Waals surface area contributed by atoms with Crippen molar-refractivity contribution in [3.8, 4) is 0 Å². The monoisotopic (exact) mass is 213 g/mol. The predicted octanol–water partition coefficient (Wildman–Crippen LogP) is 1.26. The lowest BCUT2D eigenvalue weighted by Crippen LogP contribution is -2.36. The summed E-state index contributed by atoms with van der Waals surface area (Å²) in [5.74, 6) is 0.763. The summed E-state index contributed by atoms with van der Waals surface area (Å²) >= 11 is 0. The molecule has 0 aromatic rings. The van der Waals surface area contributed by atoms with Gasteiger partial charge in [-0.25, -0.2) is 0 Å². The first kappa shape index (κ1) is 11.4. The van der Waals surface area contributed by atoms with Gasteiger partial charge in [0.1, 0.15) is 0 Å². The Balaban J connectivity index is 1.53. The highest BCUT2D eigenvalue weighted by molar-refractivity contribution is 4.87. The smallest absolute Gasteiger partial charge is 0.0495 e. The van der Waals surface area contributed by atoms with Gasteiger partial charge in [-0.3, -0.25) is 0 Å². The van der Waals surface area contributed by atoms with Gasteiger partial charge < -0.3 is 14.7 Å². The van der Waals surface area contributed by atoms with Gasteiger partial charge in [0.25, 0.3) is 0 Å². The van der Waals surface area contributed by atoms with Crippen molar-refractivity contribution in [3.63, 3.8) is 0 Å². The van der Waals surface area contributed by atoms with E-state index in [0.717, 1.165) is 31.6 Å². The van der Waals surface area contributed by atoms with Gasteiger partial charge in [-0.2, -0.15) is 0 Å². The summed E-state index contributed by atoms with van der Waals surface area (Å²) < 4.78 is 5.55. The quantitative estimate of drug-likeness (QED) is 0.674. The van der Waals surface area contributed by atoms with Crippen LogP contribution < -0.4 is 0 Å². The van der Waals surface area contributed by atoms with Crippen LogP contribution in [0.1, 0.15) is 32.1 Å². The van der Waals surface area contributed by atoms with Crippen molar-refractivity contribution in [3.05, 3.63) is 0 Å². The number of aliphatic hydroxyl groups excluding tert-OH is 1. The van der Waals surface area contributed by atoms with E-state index in [-0.39, 0.29) is 6.61 Å². The fourth-order valence-corrected chi connectivity index (χ4v) is 2.34. The maximum atomic E-state index is 8.62. The molecule has 1 aliphatic heterocycles. The van der Waals surface area contributed by atoms with E-state index in [0.29, 0.717) is 0 Å². The third-order valence-corrected chi connectivity index (χ3v) is 3.51. The van der Waals surface area contributed by atoms with Crippen LogP contribution in [-0.2, 0) is 4.74 Å². The zero-order valence-corrected chi connectivity index (χ0v) is 9.53. The highest BCUT2D eigenvalue weighted by atomic mass is 16.5. The lowest BCUT2D eigenvalue weighted by molar-refractivity contribution is 0.0578. The average Bonchev–Trinajstić information content (AvgIpc) is 3.09. The van der Waals surface area contributed by atoms with Crippen LogP contribution >= 0.6 is 0 Å². The third kappa shape index (κ3) is 3.74. The second-order valence-corrected chi connectivity index (χ2v) is 4.86. The van der Waals surface area contributed by atoms with Crippen LogP contribution in [0.25, 0.3) is 0 Å². The van der Waals surface area contributed by atoms with Gasteiger partial charge in [0, 0.05) is 25.9 Å². The maximum Gasteiger partial charge on any atom is 0.0495 e. The van der Waals surface area contributed by atoms with Crippen LogP contribution in [-0.4, -0.2) is 49.0 Å². The highest BCUT2D eigenvalue weighted by Gasteiger charge is 2.31. The molecule has 1 N–H and O–H groups in total. The van der Waals surface area contributed by atoms with Crippen molar-refractivity contribution in [2.75, 3.05) is 32.9 Å². The highest BCUT2D eigenvalue weighted by Crippen LogP contribution is 2.30. The Hall–Kier alpha value is -0.120. The molecule has 2 aliphatic rings. The molecule has 0 bridgehead atoms. The lowest BCUT2D eigenvalue weighted by Gasteiger charge is -2.31. The van der Waals surface area contributed by atoms with Gasteiger partial charge in [0.2, 0.25) is 0 Å². The molecule has 88 valence electrons. The van der Waals surface area contributed by atoms with Crippen molar-refractivity contribution < 1.29 is 9.84 Å². The molecule has 1 saturated carbocycles. The van der Waals surface area contributed by atoms with E-state index in [9.17, 15) is 0 Å². The molecule has 3 heteroatoms. The second kappa shape index (κ2) is 5.83. The minimum atomic E-state index is 0.250. The van der Waals surface area contributed by atoms with Gasteiger partial charge in [0.05, 0.1) is 0 Å². The summed E-state index contributed by atoms with van der Waals surface area (Å²) in [6.07, 6.45) is 6.24. The molecule has 0 aromatic heterocycles. The number of hydrogen-bond donors (Lipinski definition) is 1. The van der Waals surface area contributed by atoms with Crippen molar-refractivity contribution >= 4 is 0 Å². The van der Waals surface area contributed by atoms with Gasteiger partial charge in [-0.15, -0.1) is 0 Å². The summed E-state index contributed by atoms with van der Waals surface area (Å²) in [5.41, 5.74) is 0. The first-order valence-electron chi connectivity index (χ1n) is 6.33. The molecule has 0 atom stereocenters. The van der Waals surface area contributed by atoms with E-state index >= 15 is 0 Å². The van der Waals surface area contributed by atoms with Crippen LogP contribution in [0.4, 0.5) is 0 Å². The molecule has 0 amide bonds. The molecule has 0 aromatic carbocycles. The molecular formula is C12H23NO2. The molecule has 3 nitrogen and oxygen atoms in total. The van der Waals surface area contributed by atoms with Crippen LogP contribution in [0.15, 0.2) is 0 Å². The molecule has 1 heterocycles. The van der Waals surface area contributed by atoms with Crippen molar-refractivity contribution in [1.82, 2.24) is 4.90 Å². The summed E-state index contributed by atoms with van der Waals surface area (Å²) in [4.78, 5) is 2.64. The predicted molar refractivity (Wildman–Crippen MR) is 59.8 cm³/mol. The number of piperidine rings is 1. The summed E-state index contributed by atoms with van der Waals surface area (Å²) in [7, 11) is 0. The SMILES string of the molecule is OCCCOCC1CCN(C2CC2)CC1. The van der Waals surface area contributed by atoms with Crippen LogP contribution in [0.5, 0.6) is 0 Å². The van der Waals surface area contributed by atoms with E-state index in [1.807, 2.05) is 0 Å². The Labute approximate surface area is 92.4 Å². The van der Waals surface area contributed by atoms with Crippen LogP contribution in [0.2, 0.25) is 0 Å². The van der Waals surface area contributed by atoms with Crippen molar-refractivity contribution in [2.45, 2.75) is 38.1 Å². The molecule has 2 fully saturated rings. The third-order valence-electron chi connectivity index (χ3n) is 3.51.